The van der Waals surface area contributed by atoms with Crippen molar-refractivity contribution in [3.8, 4) is 0 Å². The van der Waals surface area contributed by atoms with Crippen LogP contribution in [0, 0.1) is 0 Å². The Bertz CT molecular complexity index is 1170. The van der Waals surface area contributed by atoms with Gasteiger partial charge < -0.3 is 0 Å². The van der Waals surface area contributed by atoms with Crippen LogP contribution in [0.3, 0.4) is 0 Å². The summed E-state index contributed by atoms with van der Waals surface area (Å²) in [6, 6.07) is 21.9. The highest BCUT2D eigenvalue weighted by Crippen LogP contribution is 2.29. The Kier molecular flexibility index (Phi) is 6.53. The van der Waals surface area contributed by atoms with E-state index in [2.05, 4.69) is 10.0 Å². The zero-order valence-corrected chi connectivity index (χ0v) is 17.3. The lowest BCUT2D eigenvalue weighted by molar-refractivity contribution is 0.474. The molecule has 0 heterocycles. The topological polar surface area (TPSA) is 120 Å². The highest BCUT2D eigenvalue weighted by molar-refractivity contribution is 8.04. The first-order valence-corrected chi connectivity index (χ1v) is 11.7. The molecule has 8 nitrogen and oxygen atoms in total. The van der Waals surface area contributed by atoms with E-state index in [4.69, 9.17) is 5.53 Å². The van der Waals surface area contributed by atoms with Crippen LogP contribution in [0.25, 0.3) is 10.4 Å². The Hall–Kier alpha value is -3.17. The molecule has 0 unspecified atom stereocenters. The van der Waals surface area contributed by atoms with Gasteiger partial charge in [-0.25, -0.2) is 16.8 Å². The first-order valence-electron chi connectivity index (χ1n) is 8.84. The second-order valence-corrected chi connectivity index (χ2v) is 10.2. The number of azide groups is 1. The molecule has 0 aliphatic carbocycles. The summed E-state index contributed by atoms with van der Waals surface area (Å²) >= 11 is 0. The van der Waals surface area contributed by atoms with Crippen molar-refractivity contribution in [3.05, 3.63) is 107 Å². The van der Waals surface area contributed by atoms with Crippen molar-refractivity contribution >= 4 is 20.0 Å². The molecular formula is C20H18N4O4S2. The Balaban J connectivity index is 2.16. The monoisotopic (exact) mass is 442 g/mol. The maximum atomic E-state index is 13.3. The molecule has 10 heteroatoms. The van der Waals surface area contributed by atoms with Gasteiger partial charge in [-0.05, 0) is 35.4 Å². The molecule has 0 bridgehead atoms. The summed E-state index contributed by atoms with van der Waals surface area (Å²) in [7, 11) is -8.93. The zero-order valence-electron chi connectivity index (χ0n) is 15.7. The molecule has 0 saturated heterocycles. The van der Waals surface area contributed by atoms with Gasteiger partial charge >= 0.3 is 0 Å². The molecule has 3 rings (SSSR count). The molecule has 3 aromatic carbocycles. The molecule has 0 N–H and O–H groups in total. The first kappa shape index (κ1) is 21.5. The minimum Gasteiger partial charge on any atom is -0.206 e. The maximum absolute atomic E-state index is 13.3. The molecule has 0 saturated carbocycles. The largest absolute Gasteiger partial charge is 0.256 e. The summed E-state index contributed by atoms with van der Waals surface area (Å²) in [6.07, 6.45) is 0. The van der Waals surface area contributed by atoms with Gasteiger partial charge in [-0.3, -0.25) is 0 Å². The van der Waals surface area contributed by atoms with E-state index < -0.39 is 32.6 Å². The van der Waals surface area contributed by atoms with Crippen molar-refractivity contribution < 1.29 is 16.8 Å². The number of hydrogen-bond donors (Lipinski definition) is 0. The smallest absolute Gasteiger partial charge is 0.206 e. The van der Waals surface area contributed by atoms with E-state index in [1.807, 2.05) is 0 Å². The number of benzene rings is 3. The van der Waals surface area contributed by atoms with E-state index >= 15 is 0 Å². The van der Waals surface area contributed by atoms with Gasteiger partial charge in [0, 0.05) is 11.5 Å². The maximum Gasteiger partial charge on any atom is 0.256 e. The molecule has 154 valence electrons. The van der Waals surface area contributed by atoms with Gasteiger partial charge in [0.15, 0.2) is 0 Å². The Morgan fingerprint density at radius 1 is 0.733 bits per heavy atom. The van der Waals surface area contributed by atoms with Crippen molar-refractivity contribution in [1.29, 1.82) is 0 Å². The van der Waals surface area contributed by atoms with Gasteiger partial charge in [0.25, 0.3) is 20.0 Å². The van der Waals surface area contributed by atoms with E-state index in [9.17, 15) is 16.8 Å². The van der Waals surface area contributed by atoms with Crippen molar-refractivity contribution in [2.45, 2.75) is 15.8 Å². The molecule has 0 aliphatic rings. The van der Waals surface area contributed by atoms with Crippen molar-refractivity contribution in [2.24, 2.45) is 5.11 Å². The van der Waals surface area contributed by atoms with Crippen molar-refractivity contribution in [3.63, 3.8) is 0 Å². The fourth-order valence-electron chi connectivity index (χ4n) is 2.83. The summed E-state index contributed by atoms with van der Waals surface area (Å²) in [4.78, 5) is 2.42. The summed E-state index contributed by atoms with van der Waals surface area (Å²) in [5, 5.41) is 3.66. The quantitative estimate of drug-likeness (QED) is 0.296. The number of sulfonamides is 2. The van der Waals surface area contributed by atoms with Crippen LogP contribution in [-0.2, 0) is 20.0 Å². The predicted molar refractivity (Wildman–Crippen MR) is 112 cm³/mol. The van der Waals surface area contributed by atoms with Crippen LogP contribution in [0.15, 0.2) is 106 Å². The van der Waals surface area contributed by atoms with Crippen LogP contribution in [0.1, 0.15) is 11.6 Å². The minimum absolute atomic E-state index is 0.183. The summed E-state index contributed by atoms with van der Waals surface area (Å²) in [6.45, 7) is -0.581. The van der Waals surface area contributed by atoms with E-state index in [1.165, 1.54) is 48.5 Å². The summed E-state index contributed by atoms with van der Waals surface area (Å²) in [5.41, 5.74) is 9.48. The highest BCUT2D eigenvalue weighted by Gasteiger charge is 2.38. The summed E-state index contributed by atoms with van der Waals surface area (Å²) in [5.74, 6) is 0. The van der Waals surface area contributed by atoms with Gasteiger partial charge in [0.2, 0.25) is 0 Å². The van der Waals surface area contributed by atoms with Gasteiger partial charge in [0.1, 0.15) is 0 Å². The van der Waals surface area contributed by atoms with Gasteiger partial charge in [0.05, 0.1) is 15.8 Å². The fraction of sp³-hybridized carbons (Fsp3) is 0.100. The average molecular weight is 443 g/mol. The third-order valence-electron chi connectivity index (χ3n) is 4.32. The van der Waals surface area contributed by atoms with E-state index in [1.54, 1.807) is 42.5 Å². The van der Waals surface area contributed by atoms with Crippen LogP contribution < -0.4 is 0 Å². The van der Waals surface area contributed by atoms with E-state index in [0.29, 0.717) is 9.27 Å². The predicted octanol–water partition coefficient (Wildman–Crippen LogP) is 4.12. The third-order valence-corrected chi connectivity index (χ3v) is 8.60. The lowest BCUT2D eigenvalue weighted by Gasteiger charge is -2.25. The standard InChI is InChI=1S/C20H18N4O4S2/c21-23-22-20(17-10-4-1-5-11-17)16-24(29(25,26)18-12-6-2-7-13-18)30(27,28)19-14-8-3-9-15-19/h1-15,20H,16H2/t20-/m0/s1. The van der Waals surface area contributed by atoms with Crippen LogP contribution in [0.2, 0.25) is 0 Å². The molecule has 0 fully saturated rings. The molecule has 0 radical (unpaired) electrons. The van der Waals surface area contributed by atoms with Crippen molar-refractivity contribution in [2.75, 3.05) is 6.54 Å². The average Bonchev–Trinajstić information content (AvgIpc) is 2.78. The summed E-state index contributed by atoms with van der Waals surface area (Å²) < 4.78 is 53.7. The van der Waals surface area contributed by atoms with E-state index in [-0.39, 0.29) is 9.79 Å². The fourth-order valence-corrected chi connectivity index (χ4v) is 6.53. The third kappa shape index (κ3) is 4.52. The molecule has 0 amide bonds. The highest BCUT2D eigenvalue weighted by atomic mass is 32.3. The lowest BCUT2D eigenvalue weighted by Crippen LogP contribution is -2.39. The molecule has 3 aromatic rings. The molecule has 0 spiro atoms. The Labute approximate surface area is 175 Å². The van der Waals surface area contributed by atoms with Crippen LogP contribution in [0.4, 0.5) is 0 Å². The minimum atomic E-state index is -4.47. The van der Waals surface area contributed by atoms with Crippen LogP contribution in [0.5, 0.6) is 0 Å². The first-order chi connectivity index (χ1) is 14.4. The van der Waals surface area contributed by atoms with Crippen LogP contribution >= 0.6 is 0 Å². The SMILES string of the molecule is [N-]=[N+]=N[C@@H](CN(S(=O)(=O)c1ccccc1)S(=O)(=O)c1ccccc1)c1ccccc1. The van der Waals surface area contributed by atoms with Gasteiger partial charge in [-0.15, -0.1) is 0 Å². The number of nitrogens with zero attached hydrogens (tertiary/aromatic N) is 4. The molecule has 30 heavy (non-hydrogen) atoms. The number of hydrogen-bond acceptors (Lipinski definition) is 5. The zero-order chi connectivity index (χ0) is 21.6. The Morgan fingerprint density at radius 2 is 1.13 bits per heavy atom. The van der Waals surface area contributed by atoms with Gasteiger partial charge in [-0.1, -0.05) is 75.6 Å². The van der Waals surface area contributed by atoms with Gasteiger partial charge in [-0.2, -0.15) is 0 Å². The molecular weight excluding hydrogens is 424 g/mol. The number of rotatable bonds is 8. The molecule has 0 aromatic heterocycles. The van der Waals surface area contributed by atoms with Crippen LogP contribution in [-0.4, -0.2) is 27.1 Å². The van der Waals surface area contributed by atoms with Crippen molar-refractivity contribution in [1.82, 2.24) is 3.71 Å². The molecule has 1 atom stereocenters. The second-order valence-electron chi connectivity index (χ2n) is 6.22. The van der Waals surface area contributed by atoms with E-state index in [0.717, 1.165) is 0 Å². The molecule has 0 aliphatic heterocycles. The normalized spacial score (nSPS) is 12.8. The lowest BCUT2D eigenvalue weighted by atomic mass is 10.1. The second kappa shape index (κ2) is 9.10. The Morgan fingerprint density at radius 3 is 1.53 bits per heavy atom.